The Labute approximate surface area is 214 Å². The van der Waals surface area contributed by atoms with Gasteiger partial charge < -0.3 is 29.7 Å². The van der Waals surface area contributed by atoms with Crippen molar-refractivity contribution >= 4 is 34.5 Å². The van der Waals surface area contributed by atoms with E-state index >= 15 is 0 Å². The fourth-order valence-electron chi connectivity index (χ4n) is 4.24. The number of carbonyl (C=O) groups excluding carboxylic acids is 2. The van der Waals surface area contributed by atoms with E-state index in [1.54, 1.807) is 19.2 Å². The van der Waals surface area contributed by atoms with E-state index in [-0.39, 0.29) is 17.5 Å². The average Bonchev–Trinajstić information content (AvgIpc) is 3.22. The molecule has 3 heterocycles. The largest absolute Gasteiger partial charge is 0.457 e. The number of aromatic nitrogens is 3. The number of amides is 2. The molecule has 10 heteroatoms. The number of anilines is 2. The highest BCUT2D eigenvalue weighted by atomic mass is 16.5. The molecule has 0 saturated carbocycles. The SMILES string of the molecule is CNC(=O)c1cc(Oc2ccc3c(c2)nc(Nc2ccc(C(=O)N4CCN(C)CC4)cc2)n3C)ccn1. The summed E-state index contributed by atoms with van der Waals surface area (Å²) in [7, 11) is 5.56. The van der Waals surface area contributed by atoms with Gasteiger partial charge in [-0.2, -0.15) is 0 Å². The number of hydrogen-bond donors (Lipinski definition) is 2. The number of ether oxygens (including phenoxy) is 1. The Hall–Kier alpha value is -4.44. The number of piperazine rings is 1. The summed E-state index contributed by atoms with van der Waals surface area (Å²) in [6.07, 6.45) is 1.53. The maximum absolute atomic E-state index is 12.8. The number of nitrogens with one attached hydrogen (secondary N) is 2. The standard InChI is InChI=1S/C27H29N7O3/c1-28-25(35)23-17-21(10-11-29-23)37-20-8-9-24-22(16-20)31-27(33(24)3)30-19-6-4-18(5-7-19)26(36)34-14-12-32(2)13-15-34/h4-11,16-17H,12-15H2,1-3H3,(H,28,35)(H,30,31). The van der Waals surface area contributed by atoms with Crippen molar-refractivity contribution in [2.45, 2.75) is 0 Å². The molecule has 4 aromatic rings. The van der Waals surface area contributed by atoms with Crippen molar-refractivity contribution in [3.05, 3.63) is 72.1 Å². The lowest BCUT2D eigenvalue weighted by molar-refractivity contribution is 0.0664. The van der Waals surface area contributed by atoms with E-state index in [0.29, 0.717) is 23.0 Å². The number of aryl methyl sites for hydroxylation is 1. The Balaban J connectivity index is 1.29. The zero-order valence-corrected chi connectivity index (χ0v) is 21.1. The number of benzene rings is 2. The van der Waals surface area contributed by atoms with Gasteiger partial charge >= 0.3 is 0 Å². The lowest BCUT2D eigenvalue weighted by Crippen LogP contribution is -2.47. The van der Waals surface area contributed by atoms with Gasteiger partial charge in [0.1, 0.15) is 17.2 Å². The van der Waals surface area contributed by atoms with Crippen molar-refractivity contribution in [3.63, 3.8) is 0 Å². The molecule has 2 amide bonds. The van der Waals surface area contributed by atoms with Gasteiger partial charge in [0.25, 0.3) is 11.8 Å². The second-order valence-corrected chi connectivity index (χ2v) is 9.00. The summed E-state index contributed by atoms with van der Waals surface area (Å²) in [5.74, 6) is 1.55. The van der Waals surface area contributed by atoms with Gasteiger partial charge in [0.2, 0.25) is 5.95 Å². The third-order valence-electron chi connectivity index (χ3n) is 6.46. The van der Waals surface area contributed by atoms with E-state index in [4.69, 9.17) is 9.72 Å². The molecule has 0 radical (unpaired) electrons. The topological polar surface area (TPSA) is 105 Å². The van der Waals surface area contributed by atoms with E-state index in [0.717, 1.165) is 42.9 Å². The number of fused-ring (bicyclic) bond motifs is 1. The molecule has 1 fully saturated rings. The fraction of sp³-hybridized carbons (Fsp3) is 0.259. The third kappa shape index (κ3) is 5.24. The lowest BCUT2D eigenvalue weighted by Gasteiger charge is -2.32. The molecule has 190 valence electrons. The second kappa shape index (κ2) is 10.3. The number of imidazole rings is 1. The van der Waals surface area contributed by atoms with Crippen molar-refractivity contribution in [2.75, 3.05) is 45.6 Å². The van der Waals surface area contributed by atoms with Gasteiger partial charge in [0, 0.05) is 69.9 Å². The summed E-state index contributed by atoms with van der Waals surface area (Å²) in [4.78, 5) is 37.6. The average molecular weight is 500 g/mol. The summed E-state index contributed by atoms with van der Waals surface area (Å²) in [6.45, 7) is 3.28. The quantitative estimate of drug-likeness (QED) is 0.420. The third-order valence-corrected chi connectivity index (χ3v) is 6.46. The molecule has 1 aliphatic rings. The van der Waals surface area contributed by atoms with Crippen LogP contribution in [0.4, 0.5) is 11.6 Å². The fourth-order valence-corrected chi connectivity index (χ4v) is 4.24. The van der Waals surface area contributed by atoms with E-state index in [2.05, 4.69) is 27.6 Å². The summed E-state index contributed by atoms with van der Waals surface area (Å²) in [6, 6.07) is 16.4. The highest BCUT2D eigenvalue weighted by Crippen LogP contribution is 2.28. The van der Waals surface area contributed by atoms with Crippen LogP contribution in [0, 0.1) is 0 Å². The Bertz CT molecular complexity index is 1440. The lowest BCUT2D eigenvalue weighted by atomic mass is 10.1. The predicted molar refractivity (Wildman–Crippen MR) is 142 cm³/mol. The Morgan fingerprint density at radius 1 is 0.919 bits per heavy atom. The molecule has 1 saturated heterocycles. The van der Waals surface area contributed by atoms with Crippen LogP contribution in [0.5, 0.6) is 11.5 Å². The first kappa shape index (κ1) is 24.3. The van der Waals surface area contributed by atoms with Gasteiger partial charge in [-0.25, -0.2) is 4.98 Å². The number of likely N-dealkylation sites (N-methyl/N-ethyl adjacent to an activating group) is 1. The number of rotatable bonds is 6. The van der Waals surface area contributed by atoms with Gasteiger partial charge in [-0.05, 0) is 49.5 Å². The van der Waals surface area contributed by atoms with Crippen LogP contribution in [0.25, 0.3) is 11.0 Å². The summed E-state index contributed by atoms with van der Waals surface area (Å²) in [5.41, 5.74) is 3.48. The van der Waals surface area contributed by atoms with Crippen molar-refractivity contribution in [1.82, 2.24) is 29.7 Å². The van der Waals surface area contributed by atoms with Gasteiger partial charge in [-0.15, -0.1) is 0 Å². The van der Waals surface area contributed by atoms with Crippen molar-refractivity contribution < 1.29 is 14.3 Å². The molecular weight excluding hydrogens is 470 g/mol. The second-order valence-electron chi connectivity index (χ2n) is 9.00. The first-order valence-corrected chi connectivity index (χ1v) is 12.1. The minimum Gasteiger partial charge on any atom is -0.457 e. The van der Waals surface area contributed by atoms with Crippen molar-refractivity contribution in [2.24, 2.45) is 7.05 Å². The van der Waals surface area contributed by atoms with Gasteiger partial charge in [-0.1, -0.05) is 0 Å². The zero-order valence-electron chi connectivity index (χ0n) is 21.1. The van der Waals surface area contributed by atoms with Gasteiger partial charge in [-0.3, -0.25) is 14.6 Å². The molecule has 0 spiro atoms. The first-order valence-electron chi connectivity index (χ1n) is 12.1. The van der Waals surface area contributed by atoms with E-state index in [1.165, 1.54) is 6.20 Å². The molecular formula is C27H29N7O3. The van der Waals surface area contributed by atoms with Crippen LogP contribution < -0.4 is 15.4 Å². The number of carbonyl (C=O) groups is 2. The van der Waals surface area contributed by atoms with E-state index in [9.17, 15) is 9.59 Å². The monoisotopic (exact) mass is 499 g/mol. The molecule has 5 rings (SSSR count). The minimum atomic E-state index is -0.280. The van der Waals surface area contributed by atoms with Gasteiger partial charge in [0.05, 0.1) is 11.0 Å². The Morgan fingerprint density at radius 3 is 2.38 bits per heavy atom. The zero-order chi connectivity index (χ0) is 25.9. The summed E-state index contributed by atoms with van der Waals surface area (Å²) in [5, 5.41) is 5.89. The molecule has 2 aromatic heterocycles. The van der Waals surface area contributed by atoms with Crippen molar-refractivity contribution in [1.29, 1.82) is 0 Å². The molecule has 0 bridgehead atoms. The Kier molecular flexibility index (Phi) is 6.74. The number of nitrogens with zero attached hydrogens (tertiary/aromatic N) is 5. The van der Waals surface area contributed by atoms with Crippen LogP contribution in [0.1, 0.15) is 20.8 Å². The normalized spacial score (nSPS) is 14.0. The summed E-state index contributed by atoms with van der Waals surface area (Å²) >= 11 is 0. The molecule has 2 N–H and O–H groups in total. The first-order chi connectivity index (χ1) is 17.9. The number of hydrogen-bond acceptors (Lipinski definition) is 7. The van der Waals surface area contributed by atoms with Crippen LogP contribution in [-0.2, 0) is 7.05 Å². The highest BCUT2D eigenvalue weighted by molar-refractivity contribution is 5.95. The van der Waals surface area contributed by atoms with Crippen LogP contribution in [0.2, 0.25) is 0 Å². The van der Waals surface area contributed by atoms with Crippen LogP contribution in [0.15, 0.2) is 60.8 Å². The molecule has 10 nitrogen and oxygen atoms in total. The molecule has 0 atom stereocenters. The predicted octanol–water partition coefficient (Wildman–Crippen LogP) is 3.25. The molecule has 0 aliphatic carbocycles. The smallest absolute Gasteiger partial charge is 0.269 e. The highest BCUT2D eigenvalue weighted by Gasteiger charge is 2.20. The number of pyridine rings is 1. The molecule has 2 aromatic carbocycles. The van der Waals surface area contributed by atoms with E-state index < -0.39 is 0 Å². The Morgan fingerprint density at radius 2 is 1.65 bits per heavy atom. The van der Waals surface area contributed by atoms with Crippen LogP contribution in [-0.4, -0.2) is 76.4 Å². The molecule has 37 heavy (non-hydrogen) atoms. The van der Waals surface area contributed by atoms with Gasteiger partial charge in [0.15, 0.2) is 0 Å². The van der Waals surface area contributed by atoms with E-state index in [1.807, 2.05) is 59.0 Å². The molecule has 0 unspecified atom stereocenters. The van der Waals surface area contributed by atoms with Crippen molar-refractivity contribution in [3.8, 4) is 11.5 Å². The maximum Gasteiger partial charge on any atom is 0.269 e. The molecule has 1 aliphatic heterocycles. The minimum absolute atomic E-state index is 0.0616. The van der Waals surface area contributed by atoms with Crippen LogP contribution in [0.3, 0.4) is 0 Å². The maximum atomic E-state index is 12.8. The van der Waals surface area contributed by atoms with Crippen LogP contribution >= 0.6 is 0 Å². The summed E-state index contributed by atoms with van der Waals surface area (Å²) < 4.78 is 7.91.